The highest BCUT2D eigenvalue weighted by Crippen LogP contribution is 2.30. The van der Waals surface area contributed by atoms with Crippen LogP contribution in [0, 0.1) is 0 Å². The molecule has 1 amide bonds. The summed E-state index contributed by atoms with van der Waals surface area (Å²) in [5.41, 5.74) is -0.0376. The van der Waals surface area contributed by atoms with E-state index in [1.807, 2.05) is 17.0 Å². The van der Waals surface area contributed by atoms with Gasteiger partial charge in [0.15, 0.2) is 5.25 Å². The minimum Gasteiger partial charge on any atom is -0.339 e. The summed E-state index contributed by atoms with van der Waals surface area (Å²) >= 11 is 0. The third-order valence-corrected chi connectivity index (χ3v) is 7.01. The highest BCUT2D eigenvalue weighted by Gasteiger charge is 2.37. The zero-order valence-corrected chi connectivity index (χ0v) is 18.9. The highest BCUT2D eigenvalue weighted by molar-refractivity contribution is 7.86. The Labute approximate surface area is 195 Å². The third-order valence-electron chi connectivity index (χ3n) is 5.94. The highest BCUT2D eigenvalue weighted by atomic mass is 32.2. The van der Waals surface area contributed by atoms with Gasteiger partial charge in [0.25, 0.3) is 10.1 Å². The molecule has 3 aromatic rings. The Morgan fingerprint density at radius 3 is 2.24 bits per heavy atom. The van der Waals surface area contributed by atoms with Crippen LogP contribution in [0.5, 0.6) is 0 Å². The van der Waals surface area contributed by atoms with Crippen LogP contribution in [-0.2, 0) is 27.6 Å². The Balaban J connectivity index is 1.46. The lowest BCUT2D eigenvalue weighted by molar-refractivity contribution is -0.137. The van der Waals surface area contributed by atoms with E-state index in [-0.39, 0.29) is 25.2 Å². The summed E-state index contributed by atoms with van der Waals surface area (Å²) in [7, 11) is -4.73. The smallest absolute Gasteiger partial charge is 0.339 e. The molecule has 1 saturated heterocycles. The number of alkyl halides is 3. The summed E-state index contributed by atoms with van der Waals surface area (Å²) < 4.78 is 73.1. The Morgan fingerprint density at radius 2 is 1.59 bits per heavy atom. The number of benzene rings is 3. The molecule has 1 aliphatic heterocycles. The van der Waals surface area contributed by atoms with Crippen molar-refractivity contribution < 1.29 is 30.9 Å². The number of nitrogens with zero attached hydrogens (tertiary/aromatic N) is 2. The zero-order chi connectivity index (χ0) is 24.5. The van der Waals surface area contributed by atoms with Gasteiger partial charge in [0, 0.05) is 32.7 Å². The summed E-state index contributed by atoms with van der Waals surface area (Å²) in [6.07, 6.45) is -4.42. The Hall–Kier alpha value is -2.95. The second-order valence-corrected chi connectivity index (χ2v) is 9.80. The number of carbonyl (C=O) groups excluding carboxylic acids is 1. The molecule has 1 aliphatic rings. The molecule has 0 aliphatic carbocycles. The summed E-state index contributed by atoms with van der Waals surface area (Å²) in [4.78, 5) is 16.4. The zero-order valence-electron chi connectivity index (χ0n) is 18.1. The monoisotopic (exact) mass is 492 g/mol. The van der Waals surface area contributed by atoms with Crippen molar-refractivity contribution in [3.05, 3.63) is 83.4 Å². The first-order valence-corrected chi connectivity index (χ1v) is 12.1. The molecule has 1 unspecified atom stereocenters. The first-order valence-electron chi connectivity index (χ1n) is 10.6. The standard InChI is InChI=1S/C24H23F3N2O4S/c25-24(26,27)21-7-3-4-17(14-21)16-28-10-12-29(13-11-28)23(30)22(34(31,32)33)20-9-8-18-5-1-2-6-19(18)15-20/h1-9,14-15,22H,10-13,16H2,(H,31,32,33). The van der Waals surface area contributed by atoms with Crippen LogP contribution in [0.15, 0.2) is 66.7 Å². The largest absolute Gasteiger partial charge is 0.416 e. The van der Waals surface area contributed by atoms with Crippen LogP contribution in [0.3, 0.4) is 0 Å². The van der Waals surface area contributed by atoms with Crippen molar-refractivity contribution in [2.75, 3.05) is 26.2 Å². The van der Waals surface area contributed by atoms with Gasteiger partial charge >= 0.3 is 6.18 Å². The van der Waals surface area contributed by atoms with Crippen molar-refractivity contribution in [2.45, 2.75) is 18.0 Å². The molecule has 34 heavy (non-hydrogen) atoms. The molecule has 0 aromatic heterocycles. The van der Waals surface area contributed by atoms with Gasteiger partial charge in [-0.2, -0.15) is 21.6 Å². The maximum Gasteiger partial charge on any atom is 0.416 e. The van der Waals surface area contributed by atoms with E-state index in [2.05, 4.69) is 0 Å². The quantitative estimate of drug-likeness (QED) is 0.542. The van der Waals surface area contributed by atoms with Crippen LogP contribution >= 0.6 is 0 Å². The molecule has 0 radical (unpaired) electrons. The van der Waals surface area contributed by atoms with Gasteiger partial charge in [-0.3, -0.25) is 14.2 Å². The van der Waals surface area contributed by atoms with Gasteiger partial charge in [0.05, 0.1) is 5.56 Å². The molecule has 0 bridgehead atoms. The summed E-state index contributed by atoms with van der Waals surface area (Å²) in [6.45, 7) is 1.38. The topological polar surface area (TPSA) is 77.9 Å². The van der Waals surface area contributed by atoms with Crippen molar-refractivity contribution >= 4 is 26.8 Å². The van der Waals surface area contributed by atoms with Gasteiger partial charge in [-0.1, -0.05) is 54.6 Å². The van der Waals surface area contributed by atoms with E-state index < -0.39 is 33.0 Å². The minimum absolute atomic E-state index is 0.178. The predicted molar refractivity (Wildman–Crippen MR) is 122 cm³/mol. The number of halogens is 3. The summed E-state index contributed by atoms with van der Waals surface area (Å²) in [5, 5.41) is -0.129. The second kappa shape index (κ2) is 9.36. The number of fused-ring (bicyclic) bond motifs is 1. The van der Waals surface area contributed by atoms with Gasteiger partial charge in [0.2, 0.25) is 5.91 Å². The molecule has 1 atom stereocenters. The van der Waals surface area contributed by atoms with E-state index in [0.29, 0.717) is 18.7 Å². The number of carbonyl (C=O) groups is 1. The van der Waals surface area contributed by atoms with Crippen molar-refractivity contribution in [3.63, 3.8) is 0 Å². The molecule has 4 rings (SSSR count). The first-order chi connectivity index (χ1) is 16.0. The number of amides is 1. The van der Waals surface area contributed by atoms with E-state index in [0.717, 1.165) is 22.9 Å². The molecule has 3 aromatic carbocycles. The maximum absolute atomic E-state index is 13.1. The summed E-state index contributed by atoms with van der Waals surface area (Å²) in [5.74, 6) is -0.725. The first kappa shape index (κ1) is 24.2. The number of hydrogen-bond donors (Lipinski definition) is 1. The van der Waals surface area contributed by atoms with Crippen LogP contribution in [0.2, 0.25) is 0 Å². The lowest BCUT2D eigenvalue weighted by Crippen LogP contribution is -2.50. The summed E-state index contributed by atoms with van der Waals surface area (Å²) in [6, 6.07) is 17.2. The van der Waals surface area contributed by atoms with E-state index >= 15 is 0 Å². The van der Waals surface area contributed by atoms with Gasteiger partial charge in [-0.25, -0.2) is 0 Å². The minimum atomic E-state index is -4.73. The molecular formula is C24H23F3N2O4S. The fourth-order valence-corrected chi connectivity index (χ4v) is 5.10. The van der Waals surface area contributed by atoms with Crippen molar-refractivity contribution in [1.29, 1.82) is 0 Å². The van der Waals surface area contributed by atoms with E-state index in [1.165, 1.54) is 17.0 Å². The number of piperazine rings is 1. The average molecular weight is 493 g/mol. The van der Waals surface area contributed by atoms with Gasteiger partial charge in [-0.05, 0) is 34.0 Å². The van der Waals surface area contributed by atoms with Crippen LogP contribution in [0.1, 0.15) is 21.9 Å². The second-order valence-electron chi connectivity index (χ2n) is 8.30. The van der Waals surface area contributed by atoms with Crippen LogP contribution in [-0.4, -0.2) is 54.9 Å². The average Bonchev–Trinajstić information content (AvgIpc) is 2.78. The van der Waals surface area contributed by atoms with Crippen molar-refractivity contribution in [1.82, 2.24) is 9.80 Å². The van der Waals surface area contributed by atoms with Crippen LogP contribution in [0.4, 0.5) is 13.2 Å². The normalized spacial score (nSPS) is 16.5. The number of hydrogen-bond acceptors (Lipinski definition) is 4. The Kier molecular flexibility index (Phi) is 6.66. The predicted octanol–water partition coefficient (Wildman–Crippen LogP) is 4.13. The molecule has 0 spiro atoms. The third kappa shape index (κ3) is 5.40. The lowest BCUT2D eigenvalue weighted by atomic mass is 10.0. The Morgan fingerprint density at radius 1 is 0.912 bits per heavy atom. The molecule has 1 heterocycles. The Bertz CT molecular complexity index is 1300. The van der Waals surface area contributed by atoms with E-state index in [1.54, 1.807) is 30.3 Å². The fraction of sp³-hybridized carbons (Fsp3) is 0.292. The van der Waals surface area contributed by atoms with E-state index in [4.69, 9.17) is 0 Å². The SMILES string of the molecule is O=C(C(c1ccc2ccccc2c1)S(=O)(=O)O)N1CCN(Cc2cccc(C(F)(F)F)c2)CC1. The molecule has 6 nitrogen and oxygen atoms in total. The molecule has 0 saturated carbocycles. The lowest BCUT2D eigenvalue weighted by Gasteiger charge is -2.36. The molecule has 180 valence electrons. The molecule has 1 N–H and O–H groups in total. The van der Waals surface area contributed by atoms with Crippen molar-refractivity contribution in [3.8, 4) is 0 Å². The number of rotatable bonds is 5. The fourth-order valence-electron chi connectivity index (χ4n) is 4.21. The van der Waals surface area contributed by atoms with Crippen LogP contribution in [0.25, 0.3) is 10.8 Å². The molecular weight excluding hydrogens is 469 g/mol. The molecule has 1 fully saturated rings. The van der Waals surface area contributed by atoms with E-state index in [9.17, 15) is 30.9 Å². The van der Waals surface area contributed by atoms with Crippen molar-refractivity contribution in [2.24, 2.45) is 0 Å². The molecule has 10 heteroatoms. The van der Waals surface area contributed by atoms with Gasteiger partial charge in [0.1, 0.15) is 0 Å². The maximum atomic E-state index is 13.1. The van der Waals surface area contributed by atoms with Crippen LogP contribution < -0.4 is 0 Å². The van der Waals surface area contributed by atoms with Gasteiger partial charge < -0.3 is 4.90 Å². The van der Waals surface area contributed by atoms with Gasteiger partial charge in [-0.15, -0.1) is 0 Å².